The minimum Gasteiger partial charge on any atom is -0.465 e. The van der Waals surface area contributed by atoms with Gasteiger partial charge in [0.05, 0.1) is 35.8 Å². The number of anilines is 2. The number of aliphatic hydroxyl groups is 1. The van der Waals surface area contributed by atoms with Gasteiger partial charge in [0.25, 0.3) is 5.91 Å². The van der Waals surface area contributed by atoms with Crippen LogP contribution in [0.15, 0.2) is 48.6 Å². The van der Waals surface area contributed by atoms with Crippen LogP contribution in [0, 0.1) is 17.8 Å². The van der Waals surface area contributed by atoms with Crippen molar-refractivity contribution in [3.8, 4) is 0 Å². The summed E-state index contributed by atoms with van der Waals surface area (Å²) >= 11 is 1.55. The van der Waals surface area contributed by atoms with Gasteiger partial charge < -0.3 is 24.5 Å². The summed E-state index contributed by atoms with van der Waals surface area (Å²) in [7, 11) is 0. The number of hydrogen-bond donors (Lipinski definition) is 1. The van der Waals surface area contributed by atoms with Gasteiger partial charge in [-0.25, -0.2) is 0 Å². The summed E-state index contributed by atoms with van der Waals surface area (Å²) in [5, 5.41) is 10.7. The maximum atomic E-state index is 14.9. The quantitative estimate of drug-likeness (QED) is 0.334. The Labute approximate surface area is 260 Å². The van der Waals surface area contributed by atoms with Crippen LogP contribution < -0.4 is 9.80 Å². The largest absolute Gasteiger partial charge is 0.465 e. The van der Waals surface area contributed by atoms with Crippen molar-refractivity contribution in [1.82, 2.24) is 4.90 Å². The van der Waals surface area contributed by atoms with E-state index in [-0.39, 0.29) is 30.3 Å². The van der Waals surface area contributed by atoms with Crippen LogP contribution in [0.1, 0.15) is 60.3 Å². The Hall–Kier alpha value is -2.78. The number of allylic oxidation sites excluding steroid dienone is 1. The van der Waals surface area contributed by atoms with E-state index in [9.17, 15) is 19.5 Å². The Kier molecular flexibility index (Phi) is 9.33. The highest BCUT2D eigenvalue weighted by molar-refractivity contribution is 8.02. The first kappa shape index (κ1) is 31.6. The fraction of sp³-hybridized carbons (Fsp3) is 0.618. The summed E-state index contributed by atoms with van der Waals surface area (Å²) < 4.78 is 4.08. The van der Waals surface area contributed by atoms with Crippen molar-refractivity contribution in [1.29, 1.82) is 0 Å². The number of hydrogen-bond acceptors (Lipinski definition) is 7. The molecule has 9 heteroatoms. The molecule has 1 aromatic rings. The first-order valence-electron chi connectivity index (χ1n) is 16.0. The monoisotopic (exact) mass is 609 g/mol. The van der Waals surface area contributed by atoms with Crippen molar-refractivity contribution in [3.63, 3.8) is 0 Å². The molecule has 2 amide bonds. The second-order valence-electron chi connectivity index (χ2n) is 12.5. The van der Waals surface area contributed by atoms with E-state index in [1.807, 2.05) is 57.2 Å². The lowest BCUT2D eigenvalue weighted by molar-refractivity contribution is -0.155. The number of carbonyl (C=O) groups excluding carboxylic acids is 3. The molecule has 234 valence electrons. The maximum absolute atomic E-state index is 14.9. The molecule has 8 nitrogen and oxygen atoms in total. The number of nitrogens with zero attached hydrogens (tertiary/aromatic N) is 3. The molecule has 0 aliphatic carbocycles. The number of aliphatic hydroxyl groups excluding tert-OH is 1. The molecular weight excluding hydrogens is 562 g/mol. The molecule has 0 saturated carbocycles. The lowest BCUT2D eigenvalue weighted by Crippen LogP contribution is -2.58. The molecule has 1 spiro atoms. The molecule has 1 N–H and O–H groups in total. The first-order chi connectivity index (χ1) is 20.7. The fourth-order valence-electron chi connectivity index (χ4n) is 7.57. The van der Waals surface area contributed by atoms with Crippen LogP contribution in [0.25, 0.3) is 0 Å². The highest BCUT2D eigenvalue weighted by atomic mass is 32.2. The summed E-state index contributed by atoms with van der Waals surface area (Å²) in [6.45, 7) is 12.5. The van der Waals surface area contributed by atoms with Gasteiger partial charge in [-0.2, -0.15) is 0 Å². The number of fused-ring (bicyclic) bond motifs is 2. The van der Waals surface area contributed by atoms with E-state index >= 15 is 0 Å². The standard InChI is InChI=1S/C34H47N3O5S/c1-6-23(4)26(22-38)37-29-31(40)36(25-16-14-24(15-17-25)35(7-2)8-3)20-13-19-34(29)27(30(37)39)28-32(41)42-21-12-10-9-11-18-33(28,5)43-34/h11,13-19,23,26-29,38H,6-10,12,20-22H2,1-5H3/b18-11-/t23-,26-,27-,28+,29?,33-,34-/m0/s1. The molecule has 4 heterocycles. The van der Waals surface area contributed by atoms with Crippen molar-refractivity contribution >= 4 is 40.9 Å². The Morgan fingerprint density at radius 3 is 2.40 bits per heavy atom. The smallest absolute Gasteiger partial charge is 0.311 e. The van der Waals surface area contributed by atoms with Crippen molar-refractivity contribution in [2.45, 2.75) is 81.9 Å². The predicted molar refractivity (Wildman–Crippen MR) is 172 cm³/mol. The highest BCUT2D eigenvalue weighted by Gasteiger charge is 2.74. The van der Waals surface area contributed by atoms with Crippen molar-refractivity contribution < 1.29 is 24.2 Å². The summed E-state index contributed by atoms with van der Waals surface area (Å²) in [6, 6.07) is 6.59. The van der Waals surface area contributed by atoms with Gasteiger partial charge >= 0.3 is 5.97 Å². The molecule has 1 unspecified atom stereocenters. The Balaban J connectivity index is 1.63. The zero-order chi connectivity index (χ0) is 30.9. The van der Waals surface area contributed by atoms with Gasteiger partial charge in [0, 0.05) is 35.8 Å². The molecule has 4 aliphatic rings. The molecule has 43 heavy (non-hydrogen) atoms. The number of esters is 1. The lowest BCUT2D eigenvalue weighted by atomic mass is 9.74. The molecule has 4 aliphatic heterocycles. The van der Waals surface area contributed by atoms with Crippen LogP contribution in [-0.4, -0.2) is 82.2 Å². The highest BCUT2D eigenvalue weighted by Crippen LogP contribution is 2.65. The van der Waals surface area contributed by atoms with Gasteiger partial charge in [-0.15, -0.1) is 11.8 Å². The molecule has 2 fully saturated rings. The third kappa shape index (κ3) is 5.30. The third-order valence-electron chi connectivity index (χ3n) is 10.1. The van der Waals surface area contributed by atoms with Gasteiger partial charge in [0.1, 0.15) is 6.04 Å². The van der Waals surface area contributed by atoms with E-state index in [2.05, 4.69) is 30.9 Å². The summed E-state index contributed by atoms with van der Waals surface area (Å²) in [6.07, 6.45) is 11.5. The van der Waals surface area contributed by atoms with Crippen LogP contribution >= 0.6 is 11.8 Å². The van der Waals surface area contributed by atoms with Gasteiger partial charge in [0.15, 0.2) is 0 Å². The number of likely N-dealkylation sites (tertiary alicyclic amines) is 1. The number of thioether (sulfide) groups is 1. The topological polar surface area (TPSA) is 90.4 Å². The lowest BCUT2D eigenvalue weighted by Gasteiger charge is -2.41. The molecule has 1 aromatic carbocycles. The Morgan fingerprint density at radius 2 is 1.74 bits per heavy atom. The van der Waals surface area contributed by atoms with Crippen molar-refractivity contribution in [2.24, 2.45) is 17.8 Å². The number of rotatable bonds is 8. The van der Waals surface area contributed by atoms with Gasteiger partial charge in [-0.3, -0.25) is 14.4 Å². The Bertz CT molecular complexity index is 1260. The third-order valence-corrected chi connectivity index (χ3v) is 11.9. The summed E-state index contributed by atoms with van der Waals surface area (Å²) in [4.78, 5) is 49.0. The number of amides is 2. The zero-order valence-corrected chi connectivity index (χ0v) is 27.0. The fourth-order valence-corrected chi connectivity index (χ4v) is 9.71. The minimum atomic E-state index is -0.984. The molecular formula is C34H47N3O5S. The molecule has 0 aromatic heterocycles. The maximum Gasteiger partial charge on any atom is 0.311 e. The van der Waals surface area contributed by atoms with Gasteiger partial charge in [0.2, 0.25) is 5.91 Å². The van der Waals surface area contributed by atoms with Crippen molar-refractivity contribution in [2.75, 3.05) is 42.6 Å². The van der Waals surface area contributed by atoms with Crippen LogP contribution in [0.5, 0.6) is 0 Å². The summed E-state index contributed by atoms with van der Waals surface area (Å²) in [5.41, 5.74) is 1.85. The normalized spacial score (nSPS) is 32.8. The van der Waals surface area contributed by atoms with E-state index < -0.39 is 33.4 Å². The molecule has 2 saturated heterocycles. The van der Waals surface area contributed by atoms with Crippen LogP contribution in [0.4, 0.5) is 11.4 Å². The van der Waals surface area contributed by atoms with Crippen LogP contribution in [-0.2, 0) is 19.1 Å². The molecule has 0 radical (unpaired) electrons. The predicted octanol–water partition coefficient (Wildman–Crippen LogP) is 4.81. The molecule has 0 bridgehead atoms. The average molecular weight is 610 g/mol. The van der Waals surface area contributed by atoms with Crippen LogP contribution in [0.2, 0.25) is 0 Å². The number of cyclic esters (lactones) is 1. The number of ether oxygens (including phenoxy) is 1. The second-order valence-corrected chi connectivity index (χ2v) is 14.3. The van der Waals surface area contributed by atoms with Gasteiger partial charge in [-0.05, 0) is 70.2 Å². The summed E-state index contributed by atoms with van der Waals surface area (Å²) in [5.74, 6) is -2.39. The van der Waals surface area contributed by atoms with E-state index in [0.717, 1.165) is 50.1 Å². The zero-order valence-electron chi connectivity index (χ0n) is 26.2. The van der Waals surface area contributed by atoms with Crippen LogP contribution in [0.3, 0.4) is 0 Å². The van der Waals surface area contributed by atoms with E-state index in [1.165, 1.54) is 0 Å². The minimum absolute atomic E-state index is 0.0426. The van der Waals surface area contributed by atoms with E-state index in [1.54, 1.807) is 21.6 Å². The van der Waals surface area contributed by atoms with E-state index in [0.29, 0.717) is 13.2 Å². The molecule has 7 atom stereocenters. The SMILES string of the molecule is CC[C@H](C)[C@H](CO)N1C(=O)[C@@H]2[C@@H]3C(=O)OCCCC/C=C\[C@]3(C)S[C@@]23C=CCN(c2ccc(N(CC)CC)cc2)C(=O)C13. The van der Waals surface area contributed by atoms with E-state index in [4.69, 9.17) is 4.74 Å². The number of carbonyl (C=O) groups is 3. The van der Waals surface area contributed by atoms with Gasteiger partial charge in [-0.1, -0.05) is 44.6 Å². The Morgan fingerprint density at radius 1 is 1.02 bits per heavy atom. The average Bonchev–Trinajstić information content (AvgIpc) is 3.33. The molecule has 5 rings (SSSR count). The number of benzene rings is 1. The first-order valence-corrected chi connectivity index (χ1v) is 16.8. The second kappa shape index (κ2) is 12.7. The van der Waals surface area contributed by atoms with Crippen molar-refractivity contribution in [3.05, 3.63) is 48.6 Å².